The molecule has 38 heavy (non-hydrogen) atoms. The summed E-state index contributed by atoms with van der Waals surface area (Å²) in [5.74, 6) is -3.45. The highest BCUT2D eigenvalue weighted by Crippen LogP contribution is 2.62. The second-order valence-electron chi connectivity index (χ2n) is 11.7. The number of aliphatic hydroxyl groups excluding tert-OH is 1. The molecule has 9 nitrogen and oxygen atoms in total. The lowest BCUT2D eigenvalue weighted by atomic mass is 9.45. The highest BCUT2D eigenvalue weighted by Gasteiger charge is 2.66. The quantitative estimate of drug-likeness (QED) is 0.219. The maximum Gasteiger partial charge on any atom is 0.333 e. The maximum atomic E-state index is 13.4. The summed E-state index contributed by atoms with van der Waals surface area (Å²) in [6.45, 7) is 17.9. The van der Waals surface area contributed by atoms with Gasteiger partial charge in [-0.2, -0.15) is 0 Å². The lowest BCUT2D eigenvalue weighted by Gasteiger charge is -2.60. The fourth-order valence-electron chi connectivity index (χ4n) is 6.19. The van der Waals surface area contributed by atoms with Crippen LogP contribution in [-0.2, 0) is 33.4 Å². The van der Waals surface area contributed by atoms with E-state index in [1.54, 1.807) is 47.6 Å². The lowest BCUT2D eigenvalue weighted by molar-refractivity contribution is -0.188. The Kier molecular flexibility index (Phi) is 8.16. The molecule has 3 rings (SSSR count). The molecule has 9 heteroatoms. The molecule has 7 atom stereocenters. The molecule has 0 amide bonds. The number of rotatable bonds is 7. The van der Waals surface area contributed by atoms with E-state index in [9.17, 15) is 29.4 Å². The molecule has 1 heterocycles. The van der Waals surface area contributed by atoms with E-state index in [0.29, 0.717) is 24.0 Å². The van der Waals surface area contributed by atoms with Crippen LogP contribution in [0.5, 0.6) is 0 Å². The first kappa shape index (κ1) is 29.8. The van der Waals surface area contributed by atoms with E-state index in [0.717, 1.165) is 0 Å². The lowest BCUT2D eigenvalue weighted by Crippen LogP contribution is -2.65. The molecular weight excluding hydrogens is 492 g/mol. The van der Waals surface area contributed by atoms with Crippen LogP contribution in [0.4, 0.5) is 0 Å². The second-order valence-corrected chi connectivity index (χ2v) is 11.7. The Labute approximate surface area is 223 Å². The molecule has 7 unspecified atom stereocenters. The topological polar surface area (TPSA) is 136 Å². The third-order valence-corrected chi connectivity index (χ3v) is 8.89. The minimum atomic E-state index is -1.85. The zero-order valence-electron chi connectivity index (χ0n) is 23.2. The van der Waals surface area contributed by atoms with Crippen LogP contribution in [0.25, 0.3) is 0 Å². The van der Waals surface area contributed by atoms with Crippen molar-refractivity contribution in [2.75, 3.05) is 6.61 Å². The number of carbonyl (C=O) groups excluding carboxylic acids is 4. The number of ether oxygens (including phenoxy) is 3. The molecule has 0 spiro atoms. The van der Waals surface area contributed by atoms with Crippen molar-refractivity contribution < 1.29 is 43.6 Å². The summed E-state index contributed by atoms with van der Waals surface area (Å²) < 4.78 is 16.8. The molecule has 0 aromatic carbocycles. The van der Waals surface area contributed by atoms with Gasteiger partial charge in [-0.15, -0.1) is 0 Å². The zero-order valence-corrected chi connectivity index (χ0v) is 23.2. The van der Waals surface area contributed by atoms with Crippen molar-refractivity contribution in [2.45, 2.75) is 91.1 Å². The van der Waals surface area contributed by atoms with Crippen molar-refractivity contribution >= 4 is 23.7 Å². The summed E-state index contributed by atoms with van der Waals surface area (Å²) in [6.07, 6.45) is -1.59. The van der Waals surface area contributed by atoms with Gasteiger partial charge in [0.1, 0.15) is 30.5 Å². The van der Waals surface area contributed by atoms with Crippen molar-refractivity contribution in [2.24, 2.45) is 22.7 Å². The molecule has 2 N–H and O–H groups in total. The highest BCUT2D eigenvalue weighted by atomic mass is 16.6. The summed E-state index contributed by atoms with van der Waals surface area (Å²) in [7, 11) is 0. The molecule has 210 valence electrons. The third kappa shape index (κ3) is 4.86. The molecule has 1 aliphatic heterocycles. The minimum Gasteiger partial charge on any atom is -0.462 e. The number of hydrogen-bond donors (Lipinski definition) is 2. The molecule has 0 bridgehead atoms. The number of Topliss-reactive ketones (excluding diaryl/α,β-unsaturated/α-hetero) is 1. The van der Waals surface area contributed by atoms with E-state index in [-0.39, 0.29) is 12.0 Å². The number of fused-ring (bicyclic) bond motifs is 1. The molecular formula is C29H40O9. The number of aliphatic hydroxyl groups is 2. The van der Waals surface area contributed by atoms with Crippen LogP contribution in [-0.4, -0.2) is 64.4 Å². The first-order valence-electron chi connectivity index (χ1n) is 13.0. The fraction of sp³-hybridized carbons (Fsp3) is 0.655. The number of allylic oxidation sites excluding steroid dienone is 1. The van der Waals surface area contributed by atoms with Crippen molar-refractivity contribution in [3.8, 4) is 0 Å². The van der Waals surface area contributed by atoms with Crippen LogP contribution >= 0.6 is 0 Å². The number of carbonyl (C=O) groups is 4. The Morgan fingerprint density at radius 1 is 1.24 bits per heavy atom. The summed E-state index contributed by atoms with van der Waals surface area (Å²) in [4.78, 5) is 51.0. The third-order valence-electron chi connectivity index (χ3n) is 8.89. The van der Waals surface area contributed by atoms with Gasteiger partial charge in [0.2, 0.25) is 0 Å². The van der Waals surface area contributed by atoms with E-state index >= 15 is 0 Å². The number of hydrogen-bond acceptors (Lipinski definition) is 9. The summed E-state index contributed by atoms with van der Waals surface area (Å²) in [5, 5.41) is 22.7. The smallest absolute Gasteiger partial charge is 0.333 e. The predicted octanol–water partition coefficient (Wildman–Crippen LogP) is 2.98. The van der Waals surface area contributed by atoms with Gasteiger partial charge in [-0.05, 0) is 38.7 Å². The number of esters is 3. The van der Waals surface area contributed by atoms with Gasteiger partial charge in [0.15, 0.2) is 5.78 Å². The largest absolute Gasteiger partial charge is 0.462 e. The van der Waals surface area contributed by atoms with Crippen LogP contribution in [0.15, 0.2) is 36.0 Å². The van der Waals surface area contributed by atoms with Gasteiger partial charge in [0.25, 0.3) is 0 Å². The normalized spacial score (nSPS) is 36.6. The monoisotopic (exact) mass is 532 g/mol. The van der Waals surface area contributed by atoms with Gasteiger partial charge in [-0.1, -0.05) is 52.5 Å². The van der Waals surface area contributed by atoms with Crippen molar-refractivity contribution in [3.05, 3.63) is 36.0 Å². The maximum absolute atomic E-state index is 13.4. The SMILES string of the molecule is C=C1C(=O)C(O)C2(C)C(=C)CCC(OC(=O)C(C)C)C2C1(C)CC(OC(=O)C(C)=CC)C1(O)COC(=O)C1. The average molecular weight is 533 g/mol. The molecule has 2 aliphatic carbocycles. The average Bonchev–Trinajstić information content (AvgIpc) is 3.22. The van der Waals surface area contributed by atoms with E-state index in [1.807, 2.05) is 0 Å². The standard InChI is InChI=1S/C29H40O9/c1-9-16(4)26(34)38-20(29(35)13-21(30)36-14-29)12-27(7)18(6)22(31)24(32)28(8)17(5)10-11-19(23(27)28)37-25(33)15(2)3/h9,15,19-20,23-24,32,35H,5-6,10-14H2,1-4,7-8H3. The van der Waals surface area contributed by atoms with Crippen molar-refractivity contribution in [1.29, 1.82) is 0 Å². The minimum absolute atomic E-state index is 0.0606. The van der Waals surface area contributed by atoms with Gasteiger partial charge in [0.05, 0.1) is 12.3 Å². The van der Waals surface area contributed by atoms with Crippen LogP contribution in [0, 0.1) is 22.7 Å². The Hall–Kier alpha value is -2.78. The Morgan fingerprint density at radius 2 is 1.87 bits per heavy atom. The first-order chi connectivity index (χ1) is 17.5. The Bertz CT molecular complexity index is 1090. The van der Waals surface area contributed by atoms with Gasteiger partial charge in [-0.3, -0.25) is 14.4 Å². The first-order valence-corrected chi connectivity index (χ1v) is 13.0. The fourth-order valence-corrected chi connectivity index (χ4v) is 6.19. The summed E-state index contributed by atoms with van der Waals surface area (Å²) >= 11 is 0. The van der Waals surface area contributed by atoms with Crippen molar-refractivity contribution in [3.63, 3.8) is 0 Å². The Morgan fingerprint density at radius 3 is 2.39 bits per heavy atom. The number of ketones is 1. The van der Waals surface area contributed by atoms with Gasteiger partial charge in [0, 0.05) is 22.3 Å². The number of cyclic esters (lactones) is 1. The Balaban J connectivity index is 2.15. The van der Waals surface area contributed by atoms with E-state index in [4.69, 9.17) is 14.2 Å². The zero-order chi connectivity index (χ0) is 28.8. The highest BCUT2D eigenvalue weighted by molar-refractivity contribution is 6.01. The van der Waals surface area contributed by atoms with Gasteiger partial charge in [-0.25, -0.2) is 4.79 Å². The van der Waals surface area contributed by atoms with Crippen LogP contribution in [0.2, 0.25) is 0 Å². The molecule has 3 aliphatic rings. The summed E-state index contributed by atoms with van der Waals surface area (Å²) in [6, 6.07) is 0. The van der Waals surface area contributed by atoms with E-state index < -0.39 is 83.3 Å². The van der Waals surface area contributed by atoms with Crippen molar-refractivity contribution in [1.82, 2.24) is 0 Å². The molecule has 0 aromatic heterocycles. The van der Waals surface area contributed by atoms with Crippen LogP contribution in [0.1, 0.15) is 67.2 Å². The van der Waals surface area contributed by atoms with Gasteiger partial charge >= 0.3 is 17.9 Å². The molecule has 2 saturated carbocycles. The molecule has 0 aromatic rings. The predicted molar refractivity (Wildman–Crippen MR) is 137 cm³/mol. The van der Waals surface area contributed by atoms with E-state index in [1.165, 1.54) is 0 Å². The van der Waals surface area contributed by atoms with Crippen LogP contribution in [0.3, 0.4) is 0 Å². The molecule has 0 radical (unpaired) electrons. The molecule has 3 fully saturated rings. The molecule has 1 saturated heterocycles. The van der Waals surface area contributed by atoms with Crippen LogP contribution < -0.4 is 0 Å². The second kappa shape index (κ2) is 10.4. The van der Waals surface area contributed by atoms with Gasteiger partial charge < -0.3 is 24.4 Å². The van der Waals surface area contributed by atoms with E-state index in [2.05, 4.69) is 13.2 Å². The summed E-state index contributed by atoms with van der Waals surface area (Å²) in [5.41, 5.74) is -3.28.